The second kappa shape index (κ2) is 6.36. The van der Waals surface area contributed by atoms with Gasteiger partial charge in [0.2, 0.25) is 5.91 Å². The van der Waals surface area contributed by atoms with Crippen LogP contribution in [0.5, 0.6) is 0 Å². The summed E-state index contributed by atoms with van der Waals surface area (Å²) in [6.45, 7) is 3.63. The zero-order valence-corrected chi connectivity index (χ0v) is 14.3. The molecular formula is C21H21NO3. The van der Waals surface area contributed by atoms with Gasteiger partial charge in [-0.15, -0.1) is 0 Å². The molecule has 128 valence electrons. The van der Waals surface area contributed by atoms with Gasteiger partial charge in [-0.1, -0.05) is 42.5 Å². The fraction of sp³-hybridized carbons (Fsp3) is 0.333. The standard InChI is InChI=1S/C21H21NO3/c1-14-6-2-3-7-16(14)15-10-11-22(13-15)20(23)12-19-17-8-4-5-9-18(17)21(24)25-19/h2-9,15,19H,10-13H2,1H3/t15-,19-/m1/s1. The van der Waals surface area contributed by atoms with Crippen LogP contribution in [0, 0.1) is 6.92 Å². The smallest absolute Gasteiger partial charge is 0.339 e. The number of carbonyl (C=O) groups excluding carboxylic acids is 2. The summed E-state index contributed by atoms with van der Waals surface area (Å²) in [4.78, 5) is 26.5. The summed E-state index contributed by atoms with van der Waals surface area (Å²) in [7, 11) is 0. The van der Waals surface area contributed by atoms with E-state index in [-0.39, 0.29) is 18.3 Å². The van der Waals surface area contributed by atoms with Crippen LogP contribution in [0.4, 0.5) is 0 Å². The minimum Gasteiger partial charge on any atom is -0.453 e. The van der Waals surface area contributed by atoms with Gasteiger partial charge in [0.25, 0.3) is 0 Å². The van der Waals surface area contributed by atoms with Crippen molar-refractivity contribution in [2.75, 3.05) is 13.1 Å². The zero-order valence-electron chi connectivity index (χ0n) is 14.3. The number of aryl methyl sites for hydroxylation is 1. The summed E-state index contributed by atoms with van der Waals surface area (Å²) in [5.41, 5.74) is 4.02. The van der Waals surface area contributed by atoms with Crippen LogP contribution in [-0.2, 0) is 9.53 Å². The minimum absolute atomic E-state index is 0.0607. The molecule has 4 nitrogen and oxygen atoms in total. The van der Waals surface area contributed by atoms with Crippen LogP contribution in [0.25, 0.3) is 0 Å². The highest BCUT2D eigenvalue weighted by atomic mass is 16.5. The third-order valence-corrected chi connectivity index (χ3v) is 5.31. The molecule has 2 heterocycles. The van der Waals surface area contributed by atoms with Crippen molar-refractivity contribution in [3.05, 3.63) is 70.8 Å². The Balaban J connectivity index is 1.43. The van der Waals surface area contributed by atoms with E-state index in [1.54, 1.807) is 6.07 Å². The van der Waals surface area contributed by atoms with Gasteiger partial charge in [0.1, 0.15) is 6.10 Å². The lowest BCUT2D eigenvalue weighted by Gasteiger charge is -2.19. The number of rotatable bonds is 3. The summed E-state index contributed by atoms with van der Waals surface area (Å²) in [5, 5.41) is 0. The Morgan fingerprint density at radius 1 is 1.12 bits per heavy atom. The molecular weight excluding hydrogens is 314 g/mol. The van der Waals surface area contributed by atoms with Crippen molar-refractivity contribution in [3.63, 3.8) is 0 Å². The SMILES string of the molecule is Cc1ccccc1[C@@H]1CCN(C(=O)C[C@H]2OC(=O)c3ccccc32)C1. The lowest BCUT2D eigenvalue weighted by atomic mass is 9.94. The molecule has 1 fully saturated rings. The Morgan fingerprint density at radius 2 is 1.84 bits per heavy atom. The number of carbonyl (C=O) groups is 2. The van der Waals surface area contributed by atoms with Crippen LogP contribution in [0.3, 0.4) is 0 Å². The maximum absolute atomic E-state index is 12.7. The number of cyclic esters (lactones) is 1. The van der Waals surface area contributed by atoms with Gasteiger partial charge in [0.15, 0.2) is 0 Å². The summed E-state index contributed by atoms with van der Waals surface area (Å²) in [5.74, 6) is 0.127. The van der Waals surface area contributed by atoms with Gasteiger partial charge in [-0.25, -0.2) is 4.79 Å². The number of hydrogen-bond donors (Lipinski definition) is 0. The number of fused-ring (bicyclic) bond motifs is 1. The first-order valence-electron chi connectivity index (χ1n) is 8.76. The fourth-order valence-electron chi connectivity index (χ4n) is 3.94. The van der Waals surface area contributed by atoms with Crippen molar-refractivity contribution in [3.8, 4) is 0 Å². The third-order valence-electron chi connectivity index (χ3n) is 5.31. The highest BCUT2D eigenvalue weighted by molar-refractivity contribution is 5.94. The van der Waals surface area contributed by atoms with E-state index in [0.29, 0.717) is 11.5 Å². The van der Waals surface area contributed by atoms with E-state index < -0.39 is 6.10 Å². The molecule has 2 aliphatic heterocycles. The molecule has 0 saturated carbocycles. The molecule has 0 bridgehead atoms. The van der Waals surface area contributed by atoms with Crippen molar-refractivity contribution in [2.45, 2.75) is 31.8 Å². The maximum Gasteiger partial charge on any atom is 0.339 e. The molecule has 4 rings (SSSR count). The molecule has 4 heteroatoms. The van der Waals surface area contributed by atoms with Crippen molar-refractivity contribution in [2.24, 2.45) is 0 Å². The Bertz CT molecular complexity index is 829. The highest BCUT2D eigenvalue weighted by Gasteiger charge is 2.35. The third kappa shape index (κ3) is 2.93. The van der Waals surface area contributed by atoms with Gasteiger partial charge in [0.05, 0.1) is 12.0 Å². The lowest BCUT2D eigenvalue weighted by molar-refractivity contribution is -0.132. The predicted molar refractivity (Wildman–Crippen MR) is 94.3 cm³/mol. The molecule has 0 N–H and O–H groups in total. The highest BCUT2D eigenvalue weighted by Crippen LogP contribution is 2.35. The van der Waals surface area contributed by atoms with Crippen molar-refractivity contribution in [1.82, 2.24) is 4.90 Å². The van der Waals surface area contributed by atoms with Gasteiger partial charge in [-0.2, -0.15) is 0 Å². The van der Waals surface area contributed by atoms with E-state index in [2.05, 4.69) is 25.1 Å². The monoisotopic (exact) mass is 335 g/mol. The zero-order chi connectivity index (χ0) is 17.4. The number of esters is 1. The largest absolute Gasteiger partial charge is 0.453 e. The number of nitrogens with zero attached hydrogens (tertiary/aromatic N) is 1. The summed E-state index contributed by atoms with van der Waals surface area (Å²) >= 11 is 0. The van der Waals surface area contributed by atoms with E-state index in [4.69, 9.17) is 4.74 Å². The molecule has 25 heavy (non-hydrogen) atoms. The number of benzene rings is 2. The van der Waals surface area contributed by atoms with Crippen molar-refractivity contribution >= 4 is 11.9 Å². The Hall–Kier alpha value is -2.62. The Morgan fingerprint density at radius 3 is 2.64 bits per heavy atom. The van der Waals surface area contributed by atoms with Crippen LogP contribution in [0.1, 0.15) is 51.9 Å². The minimum atomic E-state index is -0.450. The number of hydrogen-bond acceptors (Lipinski definition) is 3. The first-order chi connectivity index (χ1) is 12.1. The Labute approximate surface area is 147 Å². The van der Waals surface area contributed by atoms with Gasteiger partial charge >= 0.3 is 5.97 Å². The van der Waals surface area contributed by atoms with Gasteiger partial charge in [-0.3, -0.25) is 4.79 Å². The average molecular weight is 335 g/mol. The lowest BCUT2D eigenvalue weighted by Crippen LogP contribution is -2.29. The topological polar surface area (TPSA) is 46.6 Å². The van der Waals surface area contributed by atoms with E-state index in [1.165, 1.54) is 11.1 Å². The van der Waals surface area contributed by atoms with Crippen molar-refractivity contribution < 1.29 is 14.3 Å². The van der Waals surface area contributed by atoms with E-state index in [9.17, 15) is 9.59 Å². The molecule has 2 aromatic rings. The molecule has 0 aliphatic carbocycles. The first-order valence-corrected chi connectivity index (χ1v) is 8.76. The summed E-state index contributed by atoms with van der Waals surface area (Å²) in [6.07, 6.45) is 0.759. The van der Waals surface area contributed by atoms with Gasteiger partial charge in [-0.05, 0) is 30.5 Å². The molecule has 0 unspecified atom stereocenters. The van der Waals surface area contributed by atoms with Gasteiger partial charge in [0, 0.05) is 24.6 Å². The molecule has 2 atom stereocenters. The molecule has 2 aliphatic rings. The first kappa shape index (κ1) is 15.9. The maximum atomic E-state index is 12.7. The molecule has 0 spiro atoms. The molecule has 1 amide bonds. The summed E-state index contributed by atoms with van der Waals surface area (Å²) < 4.78 is 5.41. The van der Waals surface area contributed by atoms with Crippen LogP contribution < -0.4 is 0 Å². The molecule has 0 aromatic heterocycles. The van der Waals surface area contributed by atoms with Crippen LogP contribution >= 0.6 is 0 Å². The van der Waals surface area contributed by atoms with Gasteiger partial charge < -0.3 is 9.64 Å². The van der Waals surface area contributed by atoms with Crippen molar-refractivity contribution in [1.29, 1.82) is 0 Å². The molecule has 1 saturated heterocycles. The van der Waals surface area contributed by atoms with Crippen LogP contribution in [-0.4, -0.2) is 29.9 Å². The second-order valence-corrected chi connectivity index (χ2v) is 6.87. The molecule has 0 radical (unpaired) electrons. The van der Waals surface area contributed by atoms with Crippen LogP contribution in [0.15, 0.2) is 48.5 Å². The predicted octanol–water partition coefficient (Wildman–Crippen LogP) is 3.61. The summed E-state index contributed by atoms with van der Waals surface area (Å²) in [6, 6.07) is 15.7. The normalized spacial score (nSPS) is 22.0. The fourth-order valence-corrected chi connectivity index (χ4v) is 3.94. The van der Waals surface area contributed by atoms with Crippen LogP contribution in [0.2, 0.25) is 0 Å². The number of amides is 1. The van der Waals surface area contributed by atoms with E-state index >= 15 is 0 Å². The number of ether oxygens (including phenoxy) is 1. The van der Waals surface area contributed by atoms with E-state index in [0.717, 1.165) is 25.1 Å². The average Bonchev–Trinajstić information content (AvgIpc) is 3.22. The number of likely N-dealkylation sites (tertiary alicyclic amines) is 1. The van der Waals surface area contributed by atoms with E-state index in [1.807, 2.05) is 29.2 Å². The second-order valence-electron chi connectivity index (χ2n) is 6.87. The molecule has 2 aromatic carbocycles. The Kier molecular flexibility index (Phi) is 4.04. The quantitative estimate of drug-likeness (QED) is 0.805.